The summed E-state index contributed by atoms with van der Waals surface area (Å²) in [5.41, 5.74) is 1.19. The minimum Gasteiger partial charge on any atom is -0.378 e. The molecule has 0 unspecified atom stereocenters. The molecule has 0 radical (unpaired) electrons. The topological polar surface area (TPSA) is 16.1 Å². The van der Waals surface area contributed by atoms with Gasteiger partial charge in [-0.15, -0.1) is 0 Å². The third-order valence-electron chi connectivity index (χ3n) is 2.64. The van der Waals surface area contributed by atoms with Crippen molar-refractivity contribution in [2.45, 2.75) is 52.4 Å². The molecule has 0 aromatic carbocycles. The molecular weight excluding hydrogens is 208 g/mol. The van der Waals surface area contributed by atoms with Crippen LogP contribution in [0.15, 0.2) is 24.5 Å². The van der Waals surface area contributed by atoms with Crippen molar-refractivity contribution >= 4 is 5.69 Å². The van der Waals surface area contributed by atoms with Crippen molar-refractivity contribution in [2.75, 3.05) is 19.0 Å². The lowest BCUT2D eigenvalue weighted by atomic mass is 10.1. The first kappa shape index (κ1) is 16.0. The molecule has 2 nitrogen and oxygen atoms in total. The quantitative estimate of drug-likeness (QED) is 0.675. The van der Waals surface area contributed by atoms with E-state index in [1.807, 2.05) is 31.1 Å². The highest BCUT2D eigenvalue weighted by atomic mass is 15.1. The van der Waals surface area contributed by atoms with E-state index in [1.165, 1.54) is 44.2 Å². The first-order chi connectivity index (χ1) is 8.22. The lowest BCUT2D eigenvalue weighted by Crippen LogP contribution is -2.07. The third kappa shape index (κ3) is 9.86. The Kier molecular flexibility index (Phi) is 10.7. The Morgan fingerprint density at radius 1 is 0.882 bits per heavy atom. The lowest BCUT2D eigenvalue weighted by molar-refractivity contribution is 0.624. The zero-order valence-corrected chi connectivity index (χ0v) is 11.9. The molecule has 1 aromatic rings. The minimum absolute atomic E-state index is 1.19. The van der Waals surface area contributed by atoms with Crippen molar-refractivity contribution in [2.24, 2.45) is 0 Å². The zero-order chi connectivity index (χ0) is 12.9. The molecule has 0 aliphatic heterocycles. The maximum atomic E-state index is 3.90. The summed E-state index contributed by atoms with van der Waals surface area (Å²) in [7, 11) is 4.02. The first-order valence-corrected chi connectivity index (χ1v) is 6.79. The van der Waals surface area contributed by atoms with Gasteiger partial charge in [0.15, 0.2) is 0 Å². The Bertz CT molecular complexity index is 238. The second-order valence-corrected chi connectivity index (χ2v) is 4.51. The molecule has 17 heavy (non-hydrogen) atoms. The highest BCUT2D eigenvalue weighted by molar-refractivity contribution is 5.42. The van der Waals surface area contributed by atoms with Crippen LogP contribution in [0.1, 0.15) is 52.4 Å². The van der Waals surface area contributed by atoms with Crippen molar-refractivity contribution in [3.63, 3.8) is 0 Å². The molecule has 0 amide bonds. The number of nitrogens with zero attached hydrogens (tertiary/aromatic N) is 2. The monoisotopic (exact) mass is 236 g/mol. The van der Waals surface area contributed by atoms with Gasteiger partial charge in [0.2, 0.25) is 0 Å². The highest BCUT2D eigenvalue weighted by Gasteiger charge is 1.88. The largest absolute Gasteiger partial charge is 0.378 e. The van der Waals surface area contributed by atoms with Gasteiger partial charge in [-0.25, -0.2) is 0 Å². The van der Waals surface area contributed by atoms with E-state index in [1.54, 1.807) is 12.4 Å². The van der Waals surface area contributed by atoms with Crippen molar-refractivity contribution in [1.29, 1.82) is 0 Å². The van der Waals surface area contributed by atoms with E-state index in [0.29, 0.717) is 0 Å². The van der Waals surface area contributed by atoms with Gasteiger partial charge < -0.3 is 4.90 Å². The summed E-state index contributed by atoms with van der Waals surface area (Å²) in [6.45, 7) is 4.51. The van der Waals surface area contributed by atoms with Crippen LogP contribution in [-0.2, 0) is 0 Å². The van der Waals surface area contributed by atoms with E-state index < -0.39 is 0 Å². The molecule has 0 spiro atoms. The van der Waals surface area contributed by atoms with Crippen LogP contribution in [-0.4, -0.2) is 19.1 Å². The average Bonchev–Trinajstić information content (AvgIpc) is 2.37. The fourth-order valence-electron chi connectivity index (χ4n) is 1.50. The molecule has 2 heteroatoms. The number of hydrogen-bond acceptors (Lipinski definition) is 2. The van der Waals surface area contributed by atoms with Crippen LogP contribution < -0.4 is 4.90 Å². The van der Waals surface area contributed by atoms with E-state index >= 15 is 0 Å². The molecule has 0 saturated carbocycles. The van der Waals surface area contributed by atoms with Crippen molar-refractivity contribution in [3.8, 4) is 0 Å². The normalized spacial score (nSPS) is 9.41. The Morgan fingerprint density at radius 2 is 1.35 bits per heavy atom. The summed E-state index contributed by atoms with van der Waals surface area (Å²) in [6.07, 6.45) is 12.1. The van der Waals surface area contributed by atoms with Gasteiger partial charge in [-0.05, 0) is 12.1 Å². The van der Waals surface area contributed by atoms with Crippen LogP contribution in [0.25, 0.3) is 0 Å². The average molecular weight is 236 g/mol. The van der Waals surface area contributed by atoms with Gasteiger partial charge in [-0.3, -0.25) is 4.98 Å². The molecular formula is C15H28N2. The predicted octanol–water partition coefficient (Wildman–Crippen LogP) is 4.51. The van der Waals surface area contributed by atoms with Gasteiger partial charge in [-0.1, -0.05) is 52.4 Å². The van der Waals surface area contributed by atoms with E-state index in [-0.39, 0.29) is 0 Å². The lowest BCUT2D eigenvalue weighted by Gasteiger charge is -2.10. The molecule has 0 N–H and O–H groups in total. The van der Waals surface area contributed by atoms with Crippen molar-refractivity contribution < 1.29 is 0 Å². The molecule has 0 bridgehead atoms. The molecule has 0 aliphatic rings. The number of hydrogen-bond donors (Lipinski definition) is 0. The fourth-order valence-corrected chi connectivity index (χ4v) is 1.50. The number of aromatic nitrogens is 1. The molecule has 0 atom stereocenters. The molecule has 0 saturated heterocycles. The molecule has 1 rings (SSSR count). The van der Waals surface area contributed by atoms with Gasteiger partial charge in [-0.2, -0.15) is 0 Å². The van der Waals surface area contributed by atoms with Gasteiger partial charge in [0.25, 0.3) is 0 Å². The first-order valence-electron chi connectivity index (χ1n) is 6.79. The summed E-state index contributed by atoms with van der Waals surface area (Å²) in [5.74, 6) is 0. The third-order valence-corrected chi connectivity index (χ3v) is 2.64. The summed E-state index contributed by atoms with van der Waals surface area (Å²) < 4.78 is 0. The van der Waals surface area contributed by atoms with Crippen LogP contribution in [0.2, 0.25) is 0 Å². The summed E-state index contributed by atoms with van der Waals surface area (Å²) in [5, 5.41) is 0. The Labute approximate surface area is 107 Å². The molecule has 0 aliphatic carbocycles. The standard InChI is InChI=1S/C8H18.C7H10N2/c1-3-5-7-8-6-4-2;1-9(2)7-3-5-8-6-4-7/h3-8H2,1-2H3;3-6H,1-2H3. The van der Waals surface area contributed by atoms with Crippen molar-refractivity contribution in [3.05, 3.63) is 24.5 Å². The maximum absolute atomic E-state index is 3.90. The molecule has 0 fully saturated rings. The van der Waals surface area contributed by atoms with E-state index in [4.69, 9.17) is 0 Å². The van der Waals surface area contributed by atoms with Gasteiger partial charge in [0.05, 0.1) is 0 Å². The van der Waals surface area contributed by atoms with Crippen LogP contribution >= 0.6 is 0 Å². The van der Waals surface area contributed by atoms with Gasteiger partial charge in [0, 0.05) is 32.2 Å². The number of unbranched alkanes of at least 4 members (excludes halogenated alkanes) is 5. The molecule has 98 valence electrons. The van der Waals surface area contributed by atoms with E-state index in [0.717, 1.165) is 0 Å². The van der Waals surface area contributed by atoms with Gasteiger partial charge >= 0.3 is 0 Å². The fraction of sp³-hybridized carbons (Fsp3) is 0.667. The Balaban J connectivity index is 0.000000304. The number of rotatable bonds is 6. The molecule has 1 aromatic heterocycles. The Hall–Kier alpha value is -1.05. The summed E-state index contributed by atoms with van der Waals surface area (Å²) in [6, 6.07) is 3.94. The zero-order valence-electron chi connectivity index (χ0n) is 11.9. The highest BCUT2D eigenvalue weighted by Crippen LogP contribution is 2.05. The van der Waals surface area contributed by atoms with Crippen LogP contribution in [0.5, 0.6) is 0 Å². The van der Waals surface area contributed by atoms with E-state index in [9.17, 15) is 0 Å². The van der Waals surface area contributed by atoms with Crippen LogP contribution in [0, 0.1) is 0 Å². The van der Waals surface area contributed by atoms with E-state index in [2.05, 4.69) is 18.8 Å². The van der Waals surface area contributed by atoms with Gasteiger partial charge in [0.1, 0.15) is 0 Å². The second kappa shape index (κ2) is 11.4. The summed E-state index contributed by atoms with van der Waals surface area (Å²) in [4.78, 5) is 5.94. The minimum atomic E-state index is 1.19. The number of pyridine rings is 1. The predicted molar refractivity (Wildman–Crippen MR) is 77.6 cm³/mol. The number of anilines is 1. The van der Waals surface area contributed by atoms with Crippen molar-refractivity contribution in [1.82, 2.24) is 4.98 Å². The van der Waals surface area contributed by atoms with Crippen LogP contribution in [0.3, 0.4) is 0 Å². The molecule has 1 heterocycles. The SMILES string of the molecule is CCCCCCCC.CN(C)c1ccncc1. The smallest absolute Gasteiger partial charge is 0.0391 e. The van der Waals surface area contributed by atoms with Crippen LogP contribution in [0.4, 0.5) is 5.69 Å². The maximum Gasteiger partial charge on any atom is 0.0391 e. The summed E-state index contributed by atoms with van der Waals surface area (Å²) >= 11 is 0. The Morgan fingerprint density at radius 3 is 1.65 bits per heavy atom. The second-order valence-electron chi connectivity index (χ2n) is 4.51.